The molecular weight excluding hydrogens is 310 g/mol. The number of nitrogens with one attached hydrogen (secondary N) is 1. The van der Waals surface area contributed by atoms with Gasteiger partial charge in [0.15, 0.2) is 0 Å². The quantitative estimate of drug-likeness (QED) is 0.871. The van der Waals surface area contributed by atoms with Crippen LogP contribution in [-0.2, 0) is 16.8 Å². The summed E-state index contributed by atoms with van der Waals surface area (Å²) in [5, 5.41) is 8.17. The minimum Gasteiger partial charge on any atom is -0.311 e. The monoisotopic (exact) mass is 333 g/mol. The van der Waals surface area contributed by atoms with Crippen molar-refractivity contribution >= 4 is 23.3 Å². The standard InChI is InChI=1S/C18H24ClN3O/c1-13-12-16(22(21-13)18(2,3)4)20-17(23)7-5-6-14-8-10-15(19)11-9-14/h8-12H,5-7H2,1-4H3,(H,20,23). The van der Waals surface area contributed by atoms with E-state index in [1.807, 2.05) is 41.9 Å². The van der Waals surface area contributed by atoms with Crippen LogP contribution in [0.25, 0.3) is 0 Å². The Kier molecular flexibility index (Phi) is 5.47. The molecule has 0 fully saturated rings. The Morgan fingerprint density at radius 2 is 1.91 bits per heavy atom. The summed E-state index contributed by atoms with van der Waals surface area (Å²) in [5.41, 5.74) is 1.93. The Morgan fingerprint density at radius 3 is 2.52 bits per heavy atom. The normalized spacial score (nSPS) is 11.5. The minimum absolute atomic E-state index is 0.0179. The predicted molar refractivity (Wildman–Crippen MR) is 95.0 cm³/mol. The molecule has 1 aromatic carbocycles. The summed E-state index contributed by atoms with van der Waals surface area (Å²) in [6, 6.07) is 9.65. The van der Waals surface area contributed by atoms with Gasteiger partial charge in [0.05, 0.1) is 11.2 Å². The molecular formula is C18H24ClN3O. The van der Waals surface area contributed by atoms with E-state index in [9.17, 15) is 4.79 Å². The molecule has 2 aromatic rings. The van der Waals surface area contributed by atoms with E-state index < -0.39 is 0 Å². The summed E-state index contributed by atoms with van der Waals surface area (Å²) in [6.45, 7) is 8.12. The average Bonchev–Trinajstić information content (AvgIpc) is 2.82. The van der Waals surface area contributed by atoms with E-state index in [1.54, 1.807) is 0 Å². The third-order valence-electron chi connectivity index (χ3n) is 3.52. The molecule has 4 nitrogen and oxygen atoms in total. The van der Waals surface area contributed by atoms with Gasteiger partial charge in [-0.15, -0.1) is 0 Å². The average molecular weight is 334 g/mol. The summed E-state index contributed by atoms with van der Waals surface area (Å²) in [4.78, 5) is 12.2. The van der Waals surface area contributed by atoms with Gasteiger partial charge in [-0.2, -0.15) is 5.10 Å². The van der Waals surface area contributed by atoms with Crippen LogP contribution < -0.4 is 5.32 Å². The van der Waals surface area contributed by atoms with Crippen LogP contribution in [0.5, 0.6) is 0 Å². The SMILES string of the molecule is Cc1cc(NC(=O)CCCc2ccc(Cl)cc2)n(C(C)(C)C)n1. The number of aryl methyl sites for hydroxylation is 2. The second-order valence-corrected chi connectivity index (χ2v) is 7.22. The van der Waals surface area contributed by atoms with Crippen molar-refractivity contribution in [3.05, 3.63) is 46.6 Å². The van der Waals surface area contributed by atoms with E-state index in [1.165, 1.54) is 5.56 Å². The fourth-order valence-corrected chi connectivity index (χ4v) is 2.54. The van der Waals surface area contributed by atoms with Gasteiger partial charge in [0, 0.05) is 17.5 Å². The number of aromatic nitrogens is 2. The molecule has 0 radical (unpaired) electrons. The van der Waals surface area contributed by atoms with Gasteiger partial charge in [0.25, 0.3) is 0 Å². The number of benzene rings is 1. The van der Waals surface area contributed by atoms with E-state index in [0.29, 0.717) is 6.42 Å². The Hall–Kier alpha value is -1.81. The first-order valence-corrected chi connectivity index (χ1v) is 8.25. The van der Waals surface area contributed by atoms with Crippen LogP contribution in [0, 0.1) is 6.92 Å². The van der Waals surface area contributed by atoms with Gasteiger partial charge in [-0.05, 0) is 58.2 Å². The second-order valence-electron chi connectivity index (χ2n) is 6.78. The molecule has 0 unspecified atom stereocenters. The van der Waals surface area contributed by atoms with Crippen molar-refractivity contribution in [2.75, 3.05) is 5.32 Å². The second kappa shape index (κ2) is 7.18. The van der Waals surface area contributed by atoms with E-state index in [-0.39, 0.29) is 11.4 Å². The van der Waals surface area contributed by atoms with E-state index in [4.69, 9.17) is 11.6 Å². The zero-order valence-electron chi connectivity index (χ0n) is 14.2. The molecule has 0 bridgehead atoms. The van der Waals surface area contributed by atoms with Gasteiger partial charge in [-0.1, -0.05) is 23.7 Å². The molecule has 5 heteroatoms. The smallest absolute Gasteiger partial charge is 0.225 e. The van der Waals surface area contributed by atoms with Crippen molar-refractivity contribution in [3.63, 3.8) is 0 Å². The fourth-order valence-electron chi connectivity index (χ4n) is 2.41. The summed E-state index contributed by atoms with van der Waals surface area (Å²) in [6.07, 6.45) is 2.15. The molecule has 0 spiro atoms. The Labute approximate surface area is 142 Å². The van der Waals surface area contributed by atoms with Crippen LogP contribution in [0.15, 0.2) is 30.3 Å². The largest absolute Gasteiger partial charge is 0.311 e. The fraction of sp³-hybridized carbons (Fsp3) is 0.444. The van der Waals surface area contributed by atoms with E-state index in [0.717, 1.165) is 29.4 Å². The number of hydrogen-bond acceptors (Lipinski definition) is 2. The van der Waals surface area contributed by atoms with Crippen LogP contribution >= 0.6 is 11.6 Å². The van der Waals surface area contributed by atoms with Gasteiger partial charge < -0.3 is 5.32 Å². The van der Waals surface area contributed by atoms with Crippen molar-refractivity contribution in [2.24, 2.45) is 0 Å². The van der Waals surface area contributed by atoms with Gasteiger partial charge in [-0.3, -0.25) is 4.79 Å². The molecule has 2 rings (SSSR count). The number of amides is 1. The predicted octanol–water partition coefficient (Wildman–Crippen LogP) is 4.56. The summed E-state index contributed by atoms with van der Waals surface area (Å²) >= 11 is 5.87. The first kappa shape index (κ1) is 17.5. The maximum Gasteiger partial charge on any atom is 0.225 e. The highest BCUT2D eigenvalue weighted by Gasteiger charge is 2.19. The zero-order chi connectivity index (χ0) is 17.0. The molecule has 124 valence electrons. The van der Waals surface area contributed by atoms with Gasteiger partial charge >= 0.3 is 0 Å². The lowest BCUT2D eigenvalue weighted by atomic mass is 10.1. The number of halogens is 1. The highest BCUT2D eigenvalue weighted by atomic mass is 35.5. The molecule has 1 heterocycles. The lowest BCUT2D eigenvalue weighted by Gasteiger charge is -2.22. The van der Waals surface area contributed by atoms with Crippen LogP contribution in [-0.4, -0.2) is 15.7 Å². The third-order valence-corrected chi connectivity index (χ3v) is 3.77. The number of hydrogen-bond donors (Lipinski definition) is 1. The highest BCUT2D eigenvalue weighted by molar-refractivity contribution is 6.30. The number of carbonyl (C=O) groups excluding carboxylic acids is 1. The molecule has 0 aliphatic rings. The molecule has 0 saturated heterocycles. The first-order valence-electron chi connectivity index (χ1n) is 7.87. The van der Waals surface area contributed by atoms with Crippen molar-refractivity contribution in [2.45, 2.75) is 52.5 Å². The van der Waals surface area contributed by atoms with Gasteiger partial charge in [0.2, 0.25) is 5.91 Å². The molecule has 1 amide bonds. The first-order chi connectivity index (χ1) is 10.8. The van der Waals surface area contributed by atoms with Crippen molar-refractivity contribution in [3.8, 4) is 0 Å². The number of rotatable bonds is 5. The van der Waals surface area contributed by atoms with E-state index in [2.05, 4.69) is 31.2 Å². The number of nitrogens with zero attached hydrogens (tertiary/aromatic N) is 2. The molecule has 0 saturated carbocycles. The Balaban J connectivity index is 1.89. The lowest BCUT2D eigenvalue weighted by Crippen LogP contribution is -2.26. The van der Waals surface area contributed by atoms with Crippen LogP contribution in [0.1, 0.15) is 44.9 Å². The van der Waals surface area contributed by atoms with Crippen molar-refractivity contribution < 1.29 is 4.79 Å². The maximum atomic E-state index is 12.2. The van der Waals surface area contributed by atoms with Gasteiger partial charge in [-0.25, -0.2) is 4.68 Å². The molecule has 23 heavy (non-hydrogen) atoms. The summed E-state index contributed by atoms with van der Waals surface area (Å²) < 4.78 is 1.86. The Morgan fingerprint density at radius 1 is 1.26 bits per heavy atom. The number of carbonyl (C=O) groups is 1. The number of anilines is 1. The van der Waals surface area contributed by atoms with Gasteiger partial charge in [0.1, 0.15) is 5.82 Å². The lowest BCUT2D eigenvalue weighted by molar-refractivity contribution is -0.116. The molecule has 0 aliphatic heterocycles. The summed E-state index contributed by atoms with van der Waals surface area (Å²) in [7, 11) is 0. The van der Waals surface area contributed by atoms with Crippen LogP contribution in [0.4, 0.5) is 5.82 Å². The summed E-state index contributed by atoms with van der Waals surface area (Å²) in [5.74, 6) is 0.774. The highest BCUT2D eigenvalue weighted by Crippen LogP contribution is 2.21. The minimum atomic E-state index is -0.166. The molecule has 1 N–H and O–H groups in total. The van der Waals surface area contributed by atoms with E-state index >= 15 is 0 Å². The molecule has 0 atom stereocenters. The maximum absolute atomic E-state index is 12.2. The molecule has 1 aromatic heterocycles. The van der Waals surface area contributed by atoms with Crippen LogP contribution in [0.3, 0.4) is 0 Å². The zero-order valence-corrected chi connectivity index (χ0v) is 14.9. The van der Waals surface area contributed by atoms with Crippen molar-refractivity contribution in [1.29, 1.82) is 0 Å². The van der Waals surface area contributed by atoms with Crippen molar-refractivity contribution in [1.82, 2.24) is 9.78 Å². The topological polar surface area (TPSA) is 46.9 Å². The Bertz CT molecular complexity index is 669. The molecule has 0 aliphatic carbocycles. The van der Waals surface area contributed by atoms with Crippen LogP contribution in [0.2, 0.25) is 5.02 Å². The third kappa shape index (κ3) is 5.10.